The van der Waals surface area contributed by atoms with Gasteiger partial charge in [-0.15, -0.1) is 0 Å². The number of nitrogens with zero attached hydrogens (tertiary/aromatic N) is 1. The lowest BCUT2D eigenvalue weighted by Crippen LogP contribution is -2.10. The van der Waals surface area contributed by atoms with Crippen molar-refractivity contribution < 1.29 is 9.52 Å². The SMILES string of the molecule is Cc1nc(SCC(O)CBr)oc1C. The molecule has 0 amide bonds. The summed E-state index contributed by atoms with van der Waals surface area (Å²) in [6, 6.07) is 0. The predicted octanol–water partition coefficient (Wildman–Crippen LogP) is 2.14. The van der Waals surface area contributed by atoms with Crippen molar-refractivity contribution in [3.63, 3.8) is 0 Å². The van der Waals surface area contributed by atoms with Crippen molar-refractivity contribution in [2.24, 2.45) is 0 Å². The molecule has 1 heterocycles. The maximum Gasteiger partial charge on any atom is 0.256 e. The number of aryl methyl sites for hydroxylation is 2. The Hall–Kier alpha value is -0.0000000000000000555. The van der Waals surface area contributed by atoms with Gasteiger partial charge in [-0.25, -0.2) is 4.98 Å². The number of oxazole rings is 1. The van der Waals surface area contributed by atoms with E-state index in [0.29, 0.717) is 16.3 Å². The molecule has 0 aliphatic rings. The van der Waals surface area contributed by atoms with Crippen LogP contribution < -0.4 is 0 Å². The molecule has 1 aromatic heterocycles. The largest absolute Gasteiger partial charge is 0.437 e. The molecule has 1 N–H and O–H groups in total. The lowest BCUT2D eigenvalue weighted by Gasteiger charge is -2.02. The van der Waals surface area contributed by atoms with E-state index in [2.05, 4.69) is 20.9 Å². The number of aromatic nitrogens is 1. The monoisotopic (exact) mass is 265 g/mol. The Balaban J connectivity index is 2.45. The summed E-state index contributed by atoms with van der Waals surface area (Å²) in [5.74, 6) is 1.45. The fourth-order valence-corrected chi connectivity index (χ4v) is 2.09. The molecular formula is C8H12BrNO2S. The fraction of sp³-hybridized carbons (Fsp3) is 0.625. The molecule has 0 radical (unpaired) electrons. The van der Waals surface area contributed by atoms with Gasteiger partial charge in [0.2, 0.25) is 0 Å². The number of aliphatic hydroxyl groups excluding tert-OH is 1. The Labute approximate surface area is 90.1 Å². The molecule has 0 spiro atoms. The van der Waals surface area contributed by atoms with Gasteiger partial charge in [0.25, 0.3) is 5.22 Å². The molecule has 0 aliphatic heterocycles. The number of hydrogen-bond acceptors (Lipinski definition) is 4. The van der Waals surface area contributed by atoms with Crippen LogP contribution in [0.4, 0.5) is 0 Å². The third-order valence-electron chi connectivity index (χ3n) is 1.59. The van der Waals surface area contributed by atoms with Crippen molar-refractivity contribution in [2.75, 3.05) is 11.1 Å². The third kappa shape index (κ3) is 3.32. The van der Waals surface area contributed by atoms with Gasteiger partial charge in [-0.2, -0.15) is 0 Å². The smallest absolute Gasteiger partial charge is 0.256 e. The van der Waals surface area contributed by atoms with Crippen LogP contribution in [0.5, 0.6) is 0 Å². The normalized spacial score (nSPS) is 13.2. The van der Waals surface area contributed by atoms with Gasteiger partial charge in [0.05, 0.1) is 11.8 Å². The van der Waals surface area contributed by atoms with Gasteiger partial charge in [-0.05, 0) is 13.8 Å². The van der Waals surface area contributed by atoms with E-state index in [1.165, 1.54) is 11.8 Å². The van der Waals surface area contributed by atoms with Crippen LogP contribution in [0.1, 0.15) is 11.5 Å². The van der Waals surface area contributed by atoms with Crippen molar-refractivity contribution >= 4 is 27.7 Å². The van der Waals surface area contributed by atoms with Gasteiger partial charge in [-0.3, -0.25) is 0 Å². The van der Waals surface area contributed by atoms with Crippen LogP contribution in [0.3, 0.4) is 0 Å². The highest BCUT2D eigenvalue weighted by molar-refractivity contribution is 9.09. The minimum absolute atomic E-state index is 0.350. The number of aliphatic hydroxyl groups is 1. The van der Waals surface area contributed by atoms with E-state index in [1.807, 2.05) is 13.8 Å². The number of halogens is 1. The van der Waals surface area contributed by atoms with Gasteiger partial charge in [0.1, 0.15) is 5.76 Å². The molecule has 1 unspecified atom stereocenters. The predicted molar refractivity (Wildman–Crippen MR) is 56.5 cm³/mol. The Morgan fingerprint density at radius 2 is 2.31 bits per heavy atom. The number of alkyl halides is 1. The second-order valence-electron chi connectivity index (χ2n) is 2.74. The summed E-state index contributed by atoms with van der Waals surface area (Å²) in [6.45, 7) is 3.79. The Morgan fingerprint density at radius 1 is 1.62 bits per heavy atom. The van der Waals surface area contributed by atoms with Crippen LogP contribution in [0.15, 0.2) is 9.64 Å². The van der Waals surface area contributed by atoms with E-state index < -0.39 is 0 Å². The van der Waals surface area contributed by atoms with E-state index >= 15 is 0 Å². The van der Waals surface area contributed by atoms with Gasteiger partial charge < -0.3 is 9.52 Å². The molecule has 0 fully saturated rings. The van der Waals surface area contributed by atoms with Crippen molar-refractivity contribution in [2.45, 2.75) is 25.2 Å². The Kier molecular flexibility index (Phi) is 4.28. The van der Waals surface area contributed by atoms with Crippen molar-refractivity contribution in [1.82, 2.24) is 4.98 Å². The maximum absolute atomic E-state index is 9.26. The van der Waals surface area contributed by atoms with Crippen LogP contribution in [-0.4, -0.2) is 27.3 Å². The first-order chi connectivity index (χ1) is 6.13. The molecule has 0 saturated carbocycles. The summed E-state index contributed by atoms with van der Waals surface area (Å²) in [7, 11) is 0. The zero-order valence-corrected chi connectivity index (χ0v) is 9.98. The summed E-state index contributed by atoms with van der Waals surface area (Å²) < 4.78 is 5.33. The van der Waals surface area contributed by atoms with Crippen molar-refractivity contribution in [3.05, 3.63) is 11.5 Å². The molecule has 0 aromatic carbocycles. The van der Waals surface area contributed by atoms with E-state index in [1.54, 1.807) is 0 Å². The molecule has 5 heteroatoms. The zero-order valence-electron chi connectivity index (χ0n) is 7.58. The second-order valence-corrected chi connectivity index (χ2v) is 4.36. The summed E-state index contributed by atoms with van der Waals surface area (Å²) in [5.41, 5.74) is 0.913. The molecular weight excluding hydrogens is 254 g/mol. The second kappa shape index (κ2) is 5.02. The van der Waals surface area contributed by atoms with Gasteiger partial charge in [0.15, 0.2) is 0 Å². The molecule has 3 nitrogen and oxygen atoms in total. The standard InChI is InChI=1S/C8H12BrNO2S/c1-5-6(2)12-8(10-5)13-4-7(11)3-9/h7,11H,3-4H2,1-2H3. The van der Waals surface area contributed by atoms with Crippen LogP contribution in [0.25, 0.3) is 0 Å². The van der Waals surface area contributed by atoms with Gasteiger partial charge >= 0.3 is 0 Å². The third-order valence-corrected chi connectivity index (χ3v) is 3.31. The van der Waals surface area contributed by atoms with Crippen LogP contribution in [-0.2, 0) is 0 Å². The lowest BCUT2D eigenvalue weighted by atomic mass is 10.4. The highest BCUT2D eigenvalue weighted by Gasteiger charge is 2.08. The first-order valence-corrected chi connectivity index (χ1v) is 6.05. The Bertz CT molecular complexity index is 258. The van der Waals surface area contributed by atoms with Gasteiger partial charge in [0, 0.05) is 11.1 Å². The molecule has 0 aliphatic carbocycles. The summed E-state index contributed by atoms with van der Waals surface area (Å²) >= 11 is 4.62. The number of thioether (sulfide) groups is 1. The molecule has 0 bridgehead atoms. The molecule has 74 valence electrons. The van der Waals surface area contributed by atoms with Crippen LogP contribution >= 0.6 is 27.7 Å². The minimum atomic E-state index is -0.350. The highest BCUT2D eigenvalue weighted by Crippen LogP contribution is 2.20. The van der Waals surface area contributed by atoms with Crippen molar-refractivity contribution in [3.8, 4) is 0 Å². The quantitative estimate of drug-likeness (QED) is 0.670. The van der Waals surface area contributed by atoms with E-state index in [0.717, 1.165) is 11.5 Å². The molecule has 0 saturated heterocycles. The molecule has 1 atom stereocenters. The Morgan fingerprint density at radius 3 is 2.77 bits per heavy atom. The molecule has 13 heavy (non-hydrogen) atoms. The van der Waals surface area contributed by atoms with Crippen LogP contribution in [0, 0.1) is 13.8 Å². The molecule has 1 rings (SSSR count). The first kappa shape index (κ1) is 11.1. The number of rotatable bonds is 4. The average Bonchev–Trinajstić information content (AvgIpc) is 2.42. The average molecular weight is 266 g/mol. The van der Waals surface area contributed by atoms with E-state index in [4.69, 9.17) is 4.42 Å². The maximum atomic E-state index is 9.26. The molecule has 1 aromatic rings. The zero-order chi connectivity index (χ0) is 9.84. The highest BCUT2D eigenvalue weighted by atomic mass is 79.9. The first-order valence-electron chi connectivity index (χ1n) is 3.94. The van der Waals surface area contributed by atoms with E-state index in [9.17, 15) is 5.11 Å². The summed E-state index contributed by atoms with van der Waals surface area (Å²) in [6.07, 6.45) is -0.350. The lowest BCUT2D eigenvalue weighted by molar-refractivity contribution is 0.226. The van der Waals surface area contributed by atoms with Crippen LogP contribution in [0.2, 0.25) is 0 Å². The summed E-state index contributed by atoms with van der Waals surface area (Å²) in [4.78, 5) is 4.19. The van der Waals surface area contributed by atoms with Gasteiger partial charge in [-0.1, -0.05) is 27.7 Å². The number of hydrogen-bond donors (Lipinski definition) is 1. The topological polar surface area (TPSA) is 46.3 Å². The van der Waals surface area contributed by atoms with E-state index in [-0.39, 0.29) is 6.10 Å². The minimum Gasteiger partial charge on any atom is -0.437 e. The van der Waals surface area contributed by atoms with Crippen molar-refractivity contribution in [1.29, 1.82) is 0 Å². The summed E-state index contributed by atoms with van der Waals surface area (Å²) in [5, 5.41) is 10.5. The fourth-order valence-electron chi connectivity index (χ4n) is 0.717.